The predicted octanol–water partition coefficient (Wildman–Crippen LogP) is 8.69. The lowest BCUT2D eigenvalue weighted by Gasteiger charge is -2.25. The van der Waals surface area contributed by atoms with Crippen LogP contribution in [0.2, 0.25) is 0 Å². The van der Waals surface area contributed by atoms with E-state index in [0.717, 1.165) is 82.6 Å². The van der Waals surface area contributed by atoms with Gasteiger partial charge in [-0.2, -0.15) is 0 Å². The summed E-state index contributed by atoms with van der Waals surface area (Å²) in [4.78, 5) is 49.6. The summed E-state index contributed by atoms with van der Waals surface area (Å²) in [5.41, 5.74) is 5.40. The molecule has 0 aliphatic heterocycles. The van der Waals surface area contributed by atoms with Crippen molar-refractivity contribution in [3.05, 3.63) is 35.9 Å². The fraction of sp³-hybridized carbons (Fsp3) is 0.714. The predicted molar refractivity (Wildman–Crippen MR) is 176 cm³/mol. The number of hydrogen-bond donors (Lipinski definition) is 1. The number of ketones is 3. The lowest BCUT2D eigenvalue weighted by molar-refractivity contribution is -0.143. The highest BCUT2D eigenvalue weighted by Gasteiger charge is 2.46. The lowest BCUT2D eigenvalue weighted by atomic mass is 9.79. The zero-order chi connectivity index (χ0) is 30.8. The molecule has 0 bridgehead atoms. The van der Waals surface area contributed by atoms with Crippen molar-refractivity contribution in [3.8, 4) is 0 Å². The summed E-state index contributed by atoms with van der Waals surface area (Å²) in [6, 6.07) is 9.58. The van der Waals surface area contributed by atoms with Crippen molar-refractivity contribution in [1.29, 1.82) is 0 Å². The molecule has 0 aliphatic rings. The molecule has 7 heteroatoms. The molecular weight excluding hydrogens is 550 g/mol. The summed E-state index contributed by atoms with van der Waals surface area (Å²) >= 11 is 0. The van der Waals surface area contributed by atoms with E-state index in [-0.39, 0.29) is 55.0 Å². The number of carbonyl (C=O) groups excluding carboxylic acids is 4. The molecule has 0 unspecified atom stereocenters. The van der Waals surface area contributed by atoms with E-state index in [9.17, 15) is 19.2 Å². The third kappa shape index (κ3) is 19.2. The highest BCUT2D eigenvalue weighted by molar-refractivity contribution is 6.29. The van der Waals surface area contributed by atoms with Crippen LogP contribution in [0.5, 0.6) is 0 Å². The van der Waals surface area contributed by atoms with Gasteiger partial charge in [0, 0.05) is 19.3 Å². The summed E-state index contributed by atoms with van der Waals surface area (Å²) < 4.78 is 4.81. The van der Waals surface area contributed by atoms with Gasteiger partial charge < -0.3 is 10.5 Å². The number of Topliss-reactive ketones (excluding diaryl/α,β-unsaturated/α-hetero) is 3. The minimum Gasteiger partial charge on any atom is -0.466 e. The molecule has 42 heavy (non-hydrogen) atoms. The van der Waals surface area contributed by atoms with Crippen molar-refractivity contribution < 1.29 is 23.9 Å². The highest BCUT2D eigenvalue weighted by atomic mass is 35.5. The third-order valence-corrected chi connectivity index (χ3v) is 7.34. The van der Waals surface area contributed by atoms with Gasteiger partial charge in [-0.05, 0) is 31.7 Å². The van der Waals surface area contributed by atoms with E-state index in [1.165, 1.54) is 0 Å². The second-order valence-corrected chi connectivity index (χ2v) is 11.0. The normalized spacial score (nSPS) is 10.7. The zero-order valence-corrected chi connectivity index (χ0v) is 27.9. The molecule has 0 fully saturated rings. The molecule has 1 aromatic rings. The Morgan fingerprint density at radius 2 is 0.952 bits per heavy atom. The van der Waals surface area contributed by atoms with Gasteiger partial charge in [0.15, 0.2) is 22.9 Å². The van der Waals surface area contributed by atoms with E-state index in [0.29, 0.717) is 32.3 Å². The van der Waals surface area contributed by atoms with Crippen LogP contribution in [0.3, 0.4) is 0 Å². The maximum absolute atomic E-state index is 12.9. The fourth-order valence-electron chi connectivity index (χ4n) is 4.70. The SMILES string of the molecule is CCCCCCCC(=O)C(N)(C(=O)CCCCCCC)C(=O)CCCCCCC.CCOC(=O)Cc1ccccc1.Cl. The molecule has 0 saturated heterocycles. The topological polar surface area (TPSA) is 104 Å². The van der Waals surface area contributed by atoms with E-state index in [1.807, 2.05) is 37.3 Å². The fourth-order valence-corrected chi connectivity index (χ4v) is 4.70. The molecule has 2 N–H and O–H groups in total. The Morgan fingerprint density at radius 1 is 0.595 bits per heavy atom. The minimum absolute atomic E-state index is 0. The molecule has 242 valence electrons. The van der Waals surface area contributed by atoms with Gasteiger partial charge in [0.2, 0.25) is 0 Å². The smallest absolute Gasteiger partial charge is 0.310 e. The Kier molecular flexibility index (Phi) is 27.8. The molecule has 0 radical (unpaired) electrons. The zero-order valence-electron chi connectivity index (χ0n) is 27.1. The van der Waals surface area contributed by atoms with Crippen LogP contribution in [-0.4, -0.2) is 35.5 Å². The molecule has 0 spiro atoms. The first-order valence-electron chi connectivity index (χ1n) is 16.4. The van der Waals surface area contributed by atoms with Gasteiger partial charge in [0.05, 0.1) is 13.0 Å². The summed E-state index contributed by atoms with van der Waals surface area (Å²) in [5, 5.41) is 0. The highest BCUT2D eigenvalue weighted by Crippen LogP contribution is 2.20. The molecule has 1 aromatic carbocycles. The van der Waals surface area contributed by atoms with Gasteiger partial charge in [-0.15, -0.1) is 12.4 Å². The molecule has 0 amide bonds. The summed E-state index contributed by atoms with van der Waals surface area (Å²) in [6.45, 7) is 8.70. The van der Waals surface area contributed by atoms with Crippen molar-refractivity contribution in [2.75, 3.05) is 6.61 Å². The number of unbranched alkanes of at least 4 members (excludes halogenated alkanes) is 12. The van der Waals surface area contributed by atoms with Crippen molar-refractivity contribution in [3.63, 3.8) is 0 Å². The van der Waals surface area contributed by atoms with Crippen LogP contribution in [0, 0.1) is 0 Å². The standard InChI is InChI=1S/C25H47NO3.C10H12O2.ClH/c1-4-7-10-13-16-19-22(27)25(26,23(28)20-17-14-11-8-5-2)24(29)21-18-15-12-9-6-3;1-2-12-10(11)8-9-6-4-3-5-7-9;/h4-21,26H2,1-3H3;3-7H,2,8H2,1H3;1H. The minimum atomic E-state index is -1.90. The summed E-state index contributed by atoms with van der Waals surface area (Å²) in [7, 11) is 0. The molecule has 1 rings (SSSR count). The van der Waals surface area contributed by atoms with Gasteiger partial charge in [-0.3, -0.25) is 19.2 Å². The Morgan fingerprint density at radius 3 is 1.29 bits per heavy atom. The van der Waals surface area contributed by atoms with E-state index < -0.39 is 5.54 Å². The Labute approximate surface area is 262 Å². The van der Waals surface area contributed by atoms with Crippen molar-refractivity contribution in [2.45, 2.75) is 155 Å². The number of halogens is 1. The van der Waals surface area contributed by atoms with Crippen LogP contribution in [0.15, 0.2) is 30.3 Å². The molecule has 0 atom stereocenters. The molecule has 6 nitrogen and oxygen atoms in total. The number of hydrogen-bond acceptors (Lipinski definition) is 6. The molecule has 0 heterocycles. The molecule has 0 aromatic heterocycles. The van der Waals surface area contributed by atoms with Crippen LogP contribution >= 0.6 is 12.4 Å². The second-order valence-electron chi connectivity index (χ2n) is 11.0. The van der Waals surface area contributed by atoms with Crippen LogP contribution in [0.1, 0.15) is 149 Å². The maximum Gasteiger partial charge on any atom is 0.310 e. The van der Waals surface area contributed by atoms with Crippen LogP contribution in [0.25, 0.3) is 0 Å². The Balaban J connectivity index is 0. The maximum atomic E-state index is 12.9. The van der Waals surface area contributed by atoms with Gasteiger partial charge in [0.1, 0.15) is 0 Å². The van der Waals surface area contributed by atoms with E-state index in [4.69, 9.17) is 10.5 Å². The van der Waals surface area contributed by atoms with E-state index in [2.05, 4.69) is 20.8 Å². The van der Waals surface area contributed by atoms with Gasteiger partial charge in [-0.25, -0.2) is 0 Å². The van der Waals surface area contributed by atoms with Gasteiger partial charge >= 0.3 is 5.97 Å². The quantitative estimate of drug-likeness (QED) is 0.0714. The summed E-state index contributed by atoms with van der Waals surface area (Å²) in [5.74, 6) is -1.23. The number of ether oxygens (including phenoxy) is 1. The van der Waals surface area contributed by atoms with Gasteiger partial charge in [-0.1, -0.05) is 128 Å². The monoisotopic (exact) mass is 609 g/mol. The molecular formula is C35H60ClNO5. The second kappa shape index (κ2) is 27.8. The van der Waals surface area contributed by atoms with Crippen molar-refractivity contribution in [2.24, 2.45) is 5.73 Å². The Hall–Kier alpha value is -2.05. The number of esters is 1. The number of carbonyl (C=O) groups is 4. The average molecular weight is 610 g/mol. The first kappa shape index (κ1) is 42.1. The first-order valence-corrected chi connectivity index (χ1v) is 16.4. The Bertz CT molecular complexity index is 778. The average Bonchev–Trinajstić information content (AvgIpc) is 2.97. The van der Waals surface area contributed by atoms with Crippen molar-refractivity contribution in [1.82, 2.24) is 0 Å². The lowest BCUT2D eigenvalue weighted by Crippen LogP contribution is -2.61. The van der Waals surface area contributed by atoms with Crippen LogP contribution < -0.4 is 5.73 Å². The van der Waals surface area contributed by atoms with E-state index >= 15 is 0 Å². The largest absolute Gasteiger partial charge is 0.466 e. The van der Waals surface area contributed by atoms with Crippen LogP contribution in [-0.2, 0) is 30.3 Å². The number of nitrogens with two attached hydrogens (primary N) is 1. The van der Waals surface area contributed by atoms with E-state index in [1.54, 1.807) is 0 Å². The number of rotatable bonds is 24. The third-order valence-electron chi connectivity index (χ3n) is 7.34. The van der Waals surface area contributed by atoms with Crippen LogP contribution in [0.4, 0.5) is 0 Å². The number of benzene rings is 1. The summed E-state index contributed by atoms with van der Waals surface area (Å²) in [6.07, 6.45) is 16.2. The first-order chi connectivity index (χ1) is 19.8. The molecule has 0 aliphatic carbocycles. The molecule has 0 saturated carbocycles. The van der Waals surface area contributed by atoms with Crippen molar-refractivity contribution >= 4 is 35.7 Å². The van der Waals surface area contributed by atoms with Gasteiger partial charge in [0.25, 0.3) is 0 Å².